The number of carbonyl (C=O) groups is 4. The number of aliphatic hydroxyl groups is 5. The van der Waals surface area contributed by atoms with E-state index in [1.54, 1.807) is 21.0 Å². The van der Waals surface area contributed by atoms with Crippen molar-refractivity contribution in [2.45, 2.75) is 94.3 Å². The number of aliphatic carboxylic acids is 1. The van der Waals surface area contributed by atoms with Gasteiger partial charge in [0, 0.05) is 42.4 Å². The van der Waals surface area contributed by atoms with Crippen molar-refractivity contribution in [2.75, 3.05) is 27.8 Å². The van der Waals surface area contributed by atoms with Gasteiger partial charge in [-0.15, -0.1) is 0 Å². The van der Waals surface area contributed by atoms with Gasteiger partial charge in [-0.1, -0.05) is 6.07 Å². The van der Waals surface area contributed by atoms with Crippen LogP contribution < -0.4 is 15.4 Å². The first kappa shape index (κ1) is 46.5. The van der Waals surface area contributed by atoms with Gasteiger partial charge in [-0.05, 0) is 61.8 Å². The standard InChI is InChI=1S/C42H47N3O18S/c1-12-7-19-25(32(52)22(12)38(56)44-13(2)39(57)58)24-17(10-18-26(33(24)53)29(49)16-8-15(59-6)9-20(46)23(16)28(18)48)30(50)36(19)62-41-35(55)37(27(14(3)61-41)45(5)42(64)43-4)63-40-34(54)31(51)21(47)11-60-40/h7-10,13-14,21,27,30-31,34-37,40-41,46-47,50-55H,11H2,1-6H3,(H,43,64)(H,44,56)(H,57,58)/t13-,14-,21-,27+,30+,31+,34-,35-,36+,37+,40+,41+/m1/s1. The fourth-order valence-corrected chi connectivity index (χ4v) is 8.85. The number of carboxylic acids is 1. The summed E-state index contributed by atoms with van der Waals surface area (Å²) < 4.78 is 29.4. The summed E-state index contributed by atoms with van der Waals surface area (Å²) in [5, 5.41) is 106. The SMILES string of the molecule is CNC(=S)N(C)[C@@H]1[C@H](O[C@@H]2OC[C@@H](O)[C@H](O)[C@H]2O)[C@@H](O)[C@H](O[C@H]2c3cc(C)c(C(=O)N[C@H](C)C(=O)O)c(O)c3-c3c(cc4c(c3O)C(=O)c3cc(OC)cc(O)c3C4=O)[C@@H]2O)O[C@@H]1C. The number of thiocarbonyl (C=S) groups is 1. The number of hydrogen-bond acceptors (Lipinski definition) is 18. The van der Waals surface area contributed by atoms with Crippen LogP contribution in [0.25, 0.3) is 11.1 Å². The van der Waals surface area contributed by atoms with E-state index in [1.165, 1.54) is 38.0 Å². The second-order valence-electron chi connectivity index (χ2n) is 16.0. The van der Waals surface area contributed by atoms with Crippen LogP contribution >= 0.6 is 12.2 Å². The molecule has 2 aliphatic heterocycles. The number of fused-ring (bicyclic) bond motifs is 5. The highest BCUT2D eigenvalue weighted by Gasteiger charge is 2.53. The normalized spacial score (nSPS) is 28.8. The predicted octanol–water partition coefficient (Wildman–Crippen LogP) is -0.395. The summed E-state index contributed by atoms with van der Waals surface area (Å²) in [6.45, 7) is 3.69. The van der Waals surface area contributed by atoms with E-state index in [0.717, 1.165) is 12.1 Å². The molecule has 3 aromatic carbocycles. The molecule has 0 saturated carbocycles. The molecule has 2 fully saturated rings. The highest BCUT2D eigenvalue weighted by molar-refractivity contribution is 7.80. The van der Waals surface area contributed by atoms with E-state index < -0.39 is 154 Å². The zero-order valence-electron chi connectivity index (χ0n) is 35.0. The van der Waals surface area contributed by atoms with E-state index in [1.807, 2.05) is 0 Å². The Hall–Kier alpha value is -5.53. The average molecular weight is 914 g/mol. The molecule has 0 bridgehead atoms. The minimum atomic E-state index is -1.93. The lowest BCUT2D eigenvalue weighted by Crippen LogP contribution is -2.67. The molecule has 64 heavy (non-hydrogen) atoms. The lowest BCUT2D eigenvalue weighted by atomic mass is 9.74. The Kier molecular flexibility index (Phi) is 12.7. The first-order chi connectivity index (χ1) is 30.1. The smallest absolute Gasteiger partial charge is 0.325 e. The molecule has 0 unspecified atom stereocenters. The number of aryl methyl sites for hydroxylation is 1. The van der Waals surface area contributed by atoms with Crippen LogP contribution in [0.2, 0.25) is 0 Å². The number of ketones is 2. The topological polar surface area (TPSA) is 324 Å². The van der Waals surface area contributed by atoms with Gasteiger partial charge in [0.05, 0.1) is 42.6 Å². The van der Waals surface area contributed by atoms with Gasteiger partial charge in [-0.3, -0.25) is 19.2 Å². The third kappa shape index (κ3) is 7.57. The van der Waals surface area contributed by atoms with Gasteiger partial charge in [0.15, 0.2) is 29.3 Å². The Labute approximate surface area is 369 Å². The van der Waals surface area contributed by atoms with Crippen molar-refractivity contribution in [3.8, 4) is 34.1 Å². The van der Waals surface area contributed by atoms with Crippen molar-refractivity contribution in [1.82, 2.24) is 15.5 Å². The Balaban J connectivity index is 1.38. The van der Waals surface area contributed by atoms with Crippen molar-refractivity contribution in [1.29, 1.82) is 0 Å². The van der Waals surface area contributed by atoms with Gasteiger partial charge < -0.3 is 85.2 Å². The minimum Gasteiger partial charge on any atom is -0.507 e. The van der Waals surface area contributed by atoms with Crippen molar-refractivity contribution >= 4 is 40.8 Å². The van der Waals surface area contributed by atoms with Crippen molar-refractivity contribution in [3.05, 3.63) is 68.8 Å². The molecule has 0 radical (unpaired) electrons. The van der Waals surface area contributed by atoms with Crippen LogP contribution in [0.5, 0.6) is 23.0 Å². The maximum Gasteiger partial charge on any atom is 0.325 e. The van der Waals surface area contributed by atoms with Gasteiger partial charge >= 0.3 is 5.97 Å². The maximum atomic E-state index is 14.2. The number of aromatic hydroxyl groups is 3. The number of nitrogens with one attached hydrogen (secondary N) is 2. The lowest BCUT2D eigenvalue weighted by Gasteiger charge is -2.49. The third-order valence-electron chi connectivity index (χ3n) is 12.0. The number of ether oxygens (including phenoxy) is 5. The molecule has 7 rings (SSSR count). The Morgan fingerprint density at radius 1 is 0.875 bits per heavy atom. The first-order valence-electron chi connectivity index (χ1n) is 19.9. The highest BCUT2D eigenvalue weighted by Crippen LogP contribution is 2.57. The average Bonchev–Trinajstić information content (AvgIpc) is 3.24. The zero-order chi connectivity index (χ0) is 47.0. The molecule has 11 N–H and O–H groups in total. The number of phenolic OH excluding ortho intramolecular Hbond substituents is 3. The second kappa shape index (κ2) is 17.5. The molecule has 2 aliphatic carbocycles. The van der Waals surface area contributed by atoms with Gasteiger partial charge in [-0.2, -0.15) is 0 Å². The molecule has 21 nitrogen and oxygen atoms in total. The fourth-order valence-electron chi connectivity index (χ4n) is 8.73. The zero-order valence-corrected chi connectivity index (χ0v) is 35.8. The highest BCUT2D eigenvalue weighted by atomic mass is 32.1. The number of amides is 1. The molecule has 0 spiro atoms. The van der Waals surface area contributed by atoms with E-state index in [2.05, 4.69) is 10.6 Å². The number of nitrogens with zero attached hydrogens (tertiary/aromatic N) is 1. The van der Waals surface area contributed by atoms with Crippen LogP contribution in [0.3, 0.4) is 0 Å². The molecule has 12 atom stereocenters. The molecule has 344 valence electrons. The number of carboxylic acid groups (broad SMARTS) is 1. The summed E-state index contributed by atoms with van der Waals surface area (Å²) in [6, 6.07) is 2.24. The van der Waals surface area contributed by atoms with Gasteiger partial charge in [0.2, 0.25) is 0 Å². The number of hydrogen-bond donors (Lipinski definition) is 11. The lowest BCUT2D eigenvalue weighted by molar-refractivity contribution is -0.344. The monoisotopic (exact) mass is 913 g/mol. The summed E-state index contributed by atoms with van der Waals surface area (Å²) in [4.78, 5) is 55.1. The van der Waals surface area contributed by atoms with E-state index >= 15 is 0 Å². The number of carbonyl (C=O) groups excluding carboxylic acids is 3. The molecule has 1 amide bonds. The van der Waals surface area contributed by atoms with Crippen molar-refractivity contribution in [3.63, 3.8) is 0 Å². The van der Waals surface area contributed by atoms with E-state index in [4.69, 9.17) is 35.9 Å². The maximum absolute atomic E-state index is 14.2. The number of benzene rings is 3. The molecule has 4 aliphatic rings. The third-order valence-corrected chi connectivity index (χ3v) is 12.5. The molecule has 2 heterocycles. The number of rotatable bonds is 9. The molecular formula is C42H47N3O18S. The summed E-state index contributed by atoms with van der Waals surface area (Å²) in [7, 11) is 4.37. The largest absolute Gasteiger partial charge is 0.507 e. The van der Waals surface area contributed by atoms with Crippen LogP contribution in [-0.4, -0.2) is 169 Å². The molecule has 0 aromatic heterocycles. The van der Waals surface area contributed by atoms with Gasteiger partial charge in [0.25, 0.3) is 5.91 Å². The number of aliphatic hydroxyl groups excluding tert-OH is 5. The second-order valence-corrected chi connectivity index (χ2v) is 16.3. The summed E-state index contributed by atoms with van der Waals surface area (Å²) in [5.74, 6) is -6.72. The Morgan fingerprint density at radius 2 is 1.52 bits per heavy atom. The van der Waals surface area contributed by atoms with Crippen LogP contribution in [0.1, 0.15) is 84.9 Å². The number of likely N-dealkylation sites (N-methyl/N-ethyl adjacent to an activating group) is 1. The Morgan fingerprint density at radius 3 is 2.16 bits per heavy atom. The quantitative estimate of drug-likeness (QED) is 0.0952. The number of phenols is 3. The van der Waals surface area contributed by atoms with E-state index in [-0.39, 0.29) is 33.1 Å². The molecule has 3 aromatic rings. The summed E-state index contributed by atoms with van der Waals surface area (Å²) >= 11 is 5.46. The van der Waals surface area contributed by atoms with Crippen LogP contribution in [-0.2, 0) is 23.7 Å². The fraction of sp³-hybridized carbons (Fsp3) is 0.452. The first-order valence-corrected chi connectivity index (χ1v) is 20.3. The predicted molar refractivity (Wildman–Crippen MR) is 221 cm³/mol. The van der Waals surface area contributed by atoms with Crippen molar-refractivity contribution in [2.24, 2.45) is 0 Å². The Bertz CT molecular complexity index is 2450. The molecule has 2 saturated heterocycles. The van der Waals surface area contributed by atoms with Gasteiger partial charge in [0.1, 0.15) is 71.8 Å². The van der Waals surface area contributed by atoms with E-state index in [9.17, 15) is 65.1 Å². The molecule has 22 heteroatoms. The van der Waals surface area contributed by atoms with E-state index in [0.29, 0.717) is 0 Å². The minimum absolute atomic E-state index is 0.00837. The summed E-state index contributed by atoms with van der Waals surface area (Å²) in [5.41, 5.74) is -3.51. The number of methoxy groups -OCH3 is 1. The van der Waals surface area contributed by atoms with Crippen molar-refractivity contribution < 1.29 is 88.8 Å². The summed E-state index contributed by atoms with van der Waals surface area (Å²) in [6.07, 6.45) is -16.2. The van der Waals surface area contributed by atoms with Crippen LogP contribution in [0.15, 0.2) is 24.3 Å². The molecular weight excluding hydrogens is 867 g/mol. The van der Waals surface area contributed by atoms with Crippen LogP contribution in [0, 0.1) is 6.92 Å². The van der Waals surface area contributed by atoms with Gasteiger partial charge in [-0.25, -0.2) is 0 Å². The van der Waals surface area contributed by atoms with Crippen LogP contribution in [0.4, 0.5) is 0 Å².